The lowest BCUT2D eigenvalue weighted by molar-refractivity contribution is -0.120. The number of thioether (sulfide) groups is 1. The van der Waals surface area contributed by atoms with Crippen molar-refractivity contribution >= 4 is 58.2 Å². The molecule has 1 N–H and O–H groups in total. The molecule has 4 rings (SSSR count). The number of anilines is 2. The number of nitrogens with zero attached hydrogens (tertiary/aromatic N) is 1. The Labute approximate surface area is 193 Å². The SMILES string of the molecule is COc1ccc(NC2=C(Sc3ccccc3)C(=O)N(c3cccc(Cl)c3Cl)C2=O)cc1. The molecule has 0 unspecified atom stereocenters. The standard InChI is InChI=1S/C23H16Cl2N2O3S/c1-30-15-12-10-14(11-13-15)26-20-21(31-16-6-3-2-4-7-16)23(29)27(22(20)28)18-9-5-8-17(24)19(18)25/h2-13,26H,1H3. The van der Waals surface area contributed by atoms with Gasteiger partial charge in [0.15, 0.2) is 0 Å². The second kappa shape index (κ2) is 9.06. The van der Waals surface area contributed by atoms with E-state index < -0.39 is 11.8 Å². The van der Waals surface area contributed by atoms with Crippen LogP contribution in [0.5, 0.6) is 5.75 Å². The van der Waals surface area contributed by atoms with E-state index in [9.17, 15) is 9.59 Å². The molecule has 5 nitrogen and oxygen atoms in total. The molecule has 1 aliphatic heterocycles. The maximum absolute atomic E-state index is 13.4. The molecule has 156 valence electrons. The Balaban J connectivity index is 1.75. The van der Waals surface area contributed by atoms with E-state index in [2.05, 4.69) is 5.32 Å². The number of amides is 2. The summed E-state index contributed by atoms with van der Waals surface area (Å²) in [7, 11) is 1.57. The Morgan fingerprint density at radius 3 is 2.26 bits per heavy atom. The van der Waals surface area contributed by atoms with Crippen LogP contribution in [0.4, 0.5) is 11.4 Å². The summed E-state index contributed by atoms with van der Waals surface area (Å²) in [5, 5.41) is 3.49. The number of hydrogen-bond donors (Lipinski definition) is 1. The number of carbonyl (C=O) groups is 2. The van der Waals surface area contributed by atoms with Crippen LogP contribution in [0.3, 0.4) is 0 Å². The Kier molecular flexibility index (Phi) is 6.23. The first-order valence-electron chi connectivity index (χ1n) is 9.20. The summed E-state index contributed by atoms with van der Waals surface area (Å²) in [6.45, 7) is 0. The first kappa shape index (κ1) is 21.3. The highest BCUT2D eigenvalue weighted by Crippen LogP contribution is 2.41. The van der Waals surface area contributed by atoms with Gasteiger partial charge < -0.3 is 10.1 Å². The van der Waals surface area contributed by atoms with E-state index in [1.807, 2.05) is 30.3 Å². The van der Waals surface area contributed by atoms with Crippen LogP contribution >= 0.6 is 35.0 Å². The van der Waals surface area contributed by atoms with Gasteiger partial charge in [0.1, 0.15) is 16.4 Å². The Morgan fingerprint density at radius 2 is 1.58 bits per heavy atom. The van der Waals surface area contributed by atoms with Crippen LogP contribution in [0.1, 0.15) is 0 Å². The third-order valence-electron chi connectivity index (χ3n) is 4.54. The van der Waals surface area contributed by atoms with Gasteiger partial charge in [0.2, 0.25) is 0 Å². The van der Waals surface area contributed by atoms with Crippen molar-refractivity contribution in [2.75, 3.05) is 17.3 Å². The van der Waals surface area contributed by atoms with Gasteiger partial charge in [-0.1, -0.05) is 59.2 Å². The first-order chi connectivity index (χ1) is 15.0. The largest absolute Gasteiger partial charge is 0.497 e. The topological polar surface area (TPSA) is 58.6 Å². The molecule has 0 aliphatic carbocycles. The number of hydrogen-bond acceptors (Lipinski definition) is 5. The summed E-state index contributed by atoms with van der Waals surface area (Å²) < 4.78 is 5.18. The second-order valence-electron chi connectivity index (χ2n) is 6.49. The highest BCUT2D eigenvalue weighted by atomic mass is 35.5. The fraction of sp³-hybridized carbons (Fsp3) is 0.0435. The van der Waals surface area contributed by atoms with E-state index in [4.69, 9.17) is 27.9 Å². The minimum absolute atomic E-state index is 0.139. The van der Waals surface area contributed by atoms with Crippen molar-refractivity contribution in [3.63, 3.8) is 0 Å². The van der Waals surface area contributed by atoms with Gasteiger partial charge in [-0.15, -0.1) is 0 Å². The minimum atomic E-state index is -0.511. The van der Waals surface area contributed by atoms with Crippen molar-refractivity contribution < 1.29 is 14.3 Å². The van der Waals surface area contributed by atoms with Crippen molar-refractivity contribution in [3.05, 3.63) is 93.4 Å². The molecule has 0 radical (unpaired) electrons. The molecule has 0 saturated carbocycles. The number of carbonyl (C=O) groups excluding carboxylic acids is 2. The second-order valence-corrected chi connectivity index (χ2v) is 8.36. The monoisotopic (exact) mass is 470 g/mol. The van der Waals surface area contributed by atoms with E-state index in [0.717, 1.165) is 9.80 Å². The van der Waals surface area contributed by atoms with Crippen LogP contribution in [0.2, 0.25) is 10.0 Å². The van der Waals surface area contributed by atoms with E-state index in [-0.39, 0.29) is 26.3 Å². The first-order valence-corrected chi connectivity index (χ1v) is 10.8. The zero-order chi connectivity index (χ0) is 22.0. The Bertz CT molecular complexity index is 1180. The number of rotatable bonds is 6. The third-order valence-corrected chi connectivity index (χ3v) is 6.44. The molecule has 2 amide bonds. The van der Waals surface area contributed by atoms with Gasteiger partial charge in [-0.3, -0.25) is 9.59 Å². The van der Waals surface area contributed by atoms with E-state index >= 15 is 0 Å². The maximum atomic E-state index is 13.4. The van der Waals surface area contributed by atoms with E-state index in [0.29, 0.717) is 11.4 Å². The number of nitrogens with one attached hydrogen (secondary N) is 1. The summed E-state index contributed by atoms with van der Waals surface area (Å²) in [6.07, 6.45) is 0. The van der Waals surface area contributed by atoms with Gasteiger partial charge >= 0.3 is 0 Å². The Morgan fingerprint density at radius 1 is 0.871 bits per heavy atom. The smallest absolute Gasteiger partial charge is 0.283 e. The van der Waals surface area contributed by atoms with Crippen LogP contribution in [0.15, 0.2) is 88.3 Å². The number of imide groups is 1. The highest BCUT2D eigenvalue weighted by molar-refractivity contribution is 8.04. The van der Waals surface area contributed by atoms with Gasteiger partial charge in [0, 0.05) is 10.6 Å². The zero-order valence-electron chi connectivity index (χ0n) is 16.3. The average Bonchev–Trinajstić information content (AvgIpc) is 3.01. The molecular formula is C23H16Cl2N2O3S. The zero-order valence-corrected chi connectivity index (χ0v) is 18.6. The molecule has 8 heteroatoms. The minimum Gasteiger partial charge on any atom is -0.497 e. The fourth-order valence-electron chi connectivity index (χ4n) is 3.02. The van der Waals surface area contributed by atoms with Crippen LogP contribution in [-0.2, 0) is 9.59 Å². The number of methoxy groups -OCH3 is 1. The molecular weight excluding hydrogens is 455 g/mol. The molecule has 3 aromatic rings. The van der Waals surface area contributed by atoms with Crippen molar-refractivity contribution in [2.45, 2.75) is 4.90 Å². The quantitative estimate of drug-likeness (QED) is 0.448. The fourth-order valence-corrected chi connectivity index (χ4v) is 4.35. The lowest BCUT2D eigenvalue weighted by Gasteiger charge is -2.17. The van der Waals surface area contributed by atoms with Crippen LogP contribution in [0, 0.1) is 0 Å². The van der Waals surface area contributed by atoms with Crippen molar-refractivity contribution in [1.82, 2.24) is 0 Å². The maximum Gasteiger partial charge on any atom is 0.283 e. The molecule has 0 aromatic heterocycles. The molecule has 0 fully saturated rings. The van der Waals surface area contributed by atoms with Gasteiger partial charge in [0.25, 0.3) is 11.8 Å². The van der Waals surface area contributed by atoms with E-state index in [1.54, 1.807) is 49.6 Å². The van der Waals surface area contributed by atoms with Gasteiger partial charge in [-0.25, -0.2) is 4.90 Å². The summed E-state index contributed by atoms with van der Waals surface area (Å²) in [5.74, 6) is -0.304. The third kappa shape index (κ3) is 4.28. The summed E-state index contributed by atoms with van der Waals surface area (Å²) in [6, 6.07) is 21.3. The molecule has 0 saturated heterocycles. The average molecular weight is 471 g/mol. The number of benzene rings is 3. The van der Waals surface area contributed by atoms with Gasteiger partial charge in [-0.05, 0) is 48.5 Å². The summed E-state index contributed by atoms with van der Waals surface area (Å²) in [5.41, 5.74) is 1.05. The molecule has 31 heavy (non-hydrogen) atoms. The normalized spacial score (nSPS) is 13.7. The molecule has 1 heterocycles. The lowest BCUT2D eigenvalue weighted by Crippen LogP contribution is -2.32. The predicted molar refractivity (Wildman–Crippen MR) is 125 cm³/mol. The van der Waals surface area contributed by atoms with Crippen molar-refractivity contribution in [3.8, 4) is 5.75 Å². The summed E-state index contributed by atoms with van der Waals surface area (Å²) >= 11 is 13.6. The predicted octanol–water partition coefficient (Wildman–Crippen LogP) is 5.99. The van der Waals surface area contributed by atoms with Gasteiger partial charge in [-0.2, -0.15) is 0 Å². The molecule has 0 bridgehead atoms. The molecule has 1 aliphatic rings. The molecule has 3 aromatic carbocycles. The van der Waals surface area contributed by atoms with E-state index in [1.165, 1.54) is 11.8 Å². The van der Waals surface area contributed by atoms with Gasteiger partial charge in [0.05, 0.1) is 22.8 Å². The van der Waals surface area contributed by atoms with Crippen LogP contribution in [0.25, 0.3) is 0 Å². The van der Waals surface area contributed by atoms with Crippen LogP contribution < -0.4 is 15.0 Å². The highest BCUT2D eigenvalue weighted by Gasteiger charge is 2.41. The Hall–Kier alpha value is -2.93. The molecule has 0 atom stereocenters. The number of ether oxygens (including phenoxy) is 1. The summed E-state index contributed by atoms with van der Waals surface area (Å²) in [4.78, 5) is 28.8. The number of halogens is 2. The molecule has 0 spiro atoms. The van der Waals surface area contributed by atoms with Crippen molar-refractivity contribution in [1.29, 1.82) is 0 Å². The lowest BCUT2D eigenvalue weighted by atomic mass is 10.2. The van der Waals surface area contributed by atoms with Crippen molar-refractivity contribution in [2.24, 2.45) is 0 Å². The van der Waals surface area contributed by atoms with Crippen LogP contribution in [-0.4, -0.2) is 18.9 Å².